The Morgan fingerprint density at radius 1 is 0.306 bits per heavy atom. The van der Waals surface area contributed by atoms with Crippen LogP contribution >= 0.6 is 0 Å². The standard InChI is InChI=1S/C68H46N4/c1-3-13-53(14-4-1)66-70-67(54-15-5-2-6-16-54)72-68(71-66)60-40-58(39-59(41-60)50-33-37-52(38-34-50)65-43-55-17-7-8-19-57(55)44-69-65)49-29-27-47(28-30-49)45-23-25-46(26-24-45)48-31-35-51(36-32-48)64-42-56-18-9-10-20-61(56)62-21-11-12-22-63(62)64/h1-44,66H,(H,70,71,72). The van der Waals surface area contributed by atoms with Gasteiger partial charge in [0.1, 0.15) is 12.0 Å². The molecule has 72 heavy (non-hydrogen) atoms. The van der Waals surface area contributed by atoms with E-state index in [1.807, 2.05) is 36.5 Å². The minimum absolute atomic E-state index is 0.309. The average Bonchev–Trinajstić information content (AvgIpc) is 3.47. The minimum Gasteiger partial charge on any atom is -0.344 e. The minimum atomic E-state index is -0.309. The lowest BCUT2D eigenvalue weighted by Crippen LogP contribution is -2.33. The second-order valence-corrected chi connectivity index (χ2v) is 18.5. The largest absolute Gasteiger partial charge is 0.344 e. The van der Waals surface area contributed by atoms with E-state index >= 15 is 0 Å². The number of nitrogens with zero attached hydrogens (tertiary/aromatic N) is 3. The fourth-order valence-electron chi connectivity index (χ4n) is 10.1. The Hall–Kier alpha value is -9.51. The molecular weight excluding hydrogens is 873 g/mol. The molecule has 0 radical (unpaired) electrons. The number of rotatable bonds is 9. The fourth-order valence-corrected chi connectivity index (χ4v) is 10.1. The van der Waals surface area contributed by atoms with Crippen molar-refractivity contribution in [3.05, 3.63) is 284 Å². The molecule has 338 valence electrons. The molecule has 1 atom stereocenters. The second kappa shape index (κ2) is 18.4. The van der Waals surface area contributed by atoms with E-state index in [9.17, 15) is 0 Å². The lowest BCUT2D eigenvalue weighted by molar-refractivity contribution is 0.674. The zero-order valence-electron chi connectivity index (χ0n) is 39.3. The van der Waals surface area contributed by atoms with Crippen molar-refractivity contribution in [2.24, 2.45) is 9.98 Å². The Bertz CT molecular complexity index is 4010. The van der Waals surface area contributed by atoms with Crippen LogP contribution in [0.2, 0.25) is 0 Å². The summed E-state index contributed by atoms with van der Waals surface area (Å²) in [5, 5.41) is 11.1. The van der Waals surface area contributed by atoms with E-state index in [0.29, 0.717) is 5.84 Å². The molecule has 0 saturated heterocycles. The molecule has 0 fully saturated rings. The van der Waals surface area contributed by atoms with Crippen LogP contribution in [0.5, 0.6) is 0 Å². The molecule has 1 aliphatic heterocycles. The lowest BCUT2D eigenvalue weighted by atomic mass is 9.92. The number of hydrogen-bond acceptors (Lipinski definition) is 4. The molecule has 1 aromatic heterocycles. The quantitative estimate of drug-likeness (QED) is 0.147. The van der Waals surface area contributed by atoms with Crippen molar-refractivity contribution < 1.29 is 0 Å². The summed E-state index contributed by atoms with van der Waals surface area (Å²) in [6, 6.07) is 93.2. The molecule has 0 amide bonds. The van der Waals surface area contributed by atoms with Crippen LogP contribution in [0.15, 0.2) is 277 Å². The highest BCUT2D eigenvalue weighted by Crippen LogP contribution is 2.37. The second-order valence-electron chi connectivity index (χ2n) is 18.5. The first-order valence-electron chi connectivity index (χ1n) is 24.5. The van der Waals surface area contributed by atoms with Gasteiger partial charge in [-0.15, -0.1) is 0 Å². The van der Waals surface area contributed by atoms with E-state index in [-0.39, 0.29) is 6.17 Å². The lowest BCUT2D eigenvalue weighted by Gasteiger charge is -2.24. The number of hydrogen-bond donors (Lipinski definition) is 1. The molecule has 1 aliphatic rings. The maximum absolute atomic E-state index is 5.22. The summed E-state index contributed by atoms with van der Waals surface area (Å²) in [7, 11) is 0. The summed E-state index contributed by atoms with van der Waals surface area (Å²) < 4.78 is 0. The average molecular weight is 919 g/mol. The predicted octanol–water partition coefficient (Wildman–Crippen LogP) is 17.0. The van der Waals surface area contributed by atoms with Crippen molar-refractivity contribution in [2.45, 2.75) is 6.17 Å². The number of fused-ring (bicyclic) bond motifs is 4. The molecule has 1 N–H and O–H groups in total. The highest BCUT2D eigenvalue weighted by molar-refractivity contribution is 6.15. The van der Waals surface area contributed by atoms with Crippen LogP contribution in [0.25, 0.3) is 99.2 Å². The summed E-state index contributed by atoms with van der Waals surface area (Å²) >= 11 is 0. The molecule has 0 bridgehead atoms. The monoisotopic (exact) mass is 918 g/mol. The molecule has 4 nitrogen and oxygen atoms in total. The van der Waals surface area contributed by atoms with Crippen LogP contribution in [-0.4, -0.2) is 16.7 Å². The van der Waals surface area contributed by atoms with E-state index in [2.05, 4.69) is 236 Å². The molecule has 11 aromatic carbocycles. The Labute approximate surface area is 419 Å². The van der Waals surface area contributed by atoms with Gasteiger partial charge in [-0.1, -0.05) is 231 Å². The van der Waals surface area contributed by atoms with Gasteiger partial charge in [0.05, 0.1) is 5.69 Å². The number of benzene rings is 11. The molecular formula is C68H46N4. The van der Waals surface area contributed by atoms with Crippen LogP contribution in [0.3, 0.4) is 0 Å². The molecule has 0 saturated carbocycles. The van der Waals surface area contributed by atoms with E-state index in [1.54, 1.807) is 0 Å². The predicted molar refractivity (Wildman–Crippen MR) is 301 cm³/mol. The summed E-state index contributed by atoms with van der Waals surface area (Å²) in [5.41, 5.74) is 16.6. The van der Waals surface area contributed by atoms with Gasteiger partial charge < -0.3 is 5.32 Å². The number of pyridine rings is 1. The molecule has 0 spiro atoms. The summed E-state index contributed by atoms with van der Waals surface area (Å²) in [4.78, 5) is 15.1. The number of amidine groups is 2. The van der Waals surface area contributed by atoms with Gasteiger partial charge in [0.25, 0.3) is 0 Å². The van der Waals surface area contributed by atoms with Gasteiger partial charge in [-0.3, -0.25) is 4.98 Å². The van der Waals surface area contributed by atoms with E-state index in [4.69, 9.17) is 15.0 Å². The normalized spacial score (nSPS) is 13.4. The number of aromatic nitrogens is 1. The molecule has 4 heteroatoms. The summed E-state index contributed by atoms with van der Waals surface area (Å²) in [5.74, 6) is 1.46. The first-order chi connectivity index (χ1) is 35.6. The third-order valence-corrected chi connectivity index (χ3v) is 14.0. The fraction of sp³-hybridized carbons (Fsp3) is 0.0147. The maximum atomic E-state index is 5.22. The van der Waals surface area contributed by atoms with Gasteiger partial charge in [0.15, 0.2) is 5.84 Å². The third kappa shape index (κ3) is 8.31. The topological polar surface area (TPSA) is 49.6 Å². The highest BCUT2D eigenvalue weighted by atomic mass is 15.2. The highest BCUT2D eigenvalue weighted by Gasteiger charge is 2.22. The molecule has 2 heterocycles. The van der Waals surface area contributed by atoms with Crippen LogP contribution in [0.1, 0.15) is 22.9 Å². The van der Waals surface area contributed by atoms with E-state index in [0.717, 1.165) is 67.0 Å². The van der Waals surface area contributed by atoms with Crippen molar-refractivity contribution in [1.29, 1.82) is 0 Å². The van der Waals surface area contributed by atoms with Crippen LogP contribution in [0.4, 0.5) is 0 Å². The Morgan fingerprint density at radius 3 is 1.38 bits per heavy atom. The van der Waals surface area contributed by atoms with Crippen molar-refractivity contribution in [2.75, 3.05) is 0 Å². The van der Waals surface area contributed by atoms with Crippen molar-refractivity contribution >= 4 is 44.0 Å². The van der Waals surface area contributed by atoms with Gasteiger partial charge >= 0.3 is 0 Å². The van der Waals surface area contributed by atoms with Crippen LogP contribution in [0, 0.1) is 0 Å². The first kappa shape index (κ1) is 42.6. The summed E-state index contributed by atoms with van der Waals surface area (Å²) in [6.07, 6.45) is 1.65. The Morgan fingerprint density at radius 2 is 0.764 bits per heavy atom. The zero-order chi connectivity index (χ0) is 47.8. The van der Waals surface area contributed by atoms with E-state index < -0.39 is 0 Å². The van der Waals surface area contributed by atoms with Gasteiger partial charge in [-0.05, 0) is 118 Å². The first-order valence-corrected chi connectivity index (χ1v) is 24.5. The molecule has 13 rings (SSSR count). The number of nitrogens with one attached hydrogen (secondary N) is 1. The van der Waals surface area contributed by atoms with Crippen molar-refractivity contribution in [3.63, 3.8) is 0 Å². The summed E-state index contributed by atoms with van der Waals surface area (Å²) in [6.45, 7) is 0. The van der Waals surface area contributed by atoms with Gasteiger partial charge in [-0.25, -0.2) is 9.98 Å². The van der Waals surface area contributed by atoms with Gasteiger partial charge in [-0.2, -0.15) is 0 Å². The third-order valence-electron chi connectivity index (χ3n) is 14.0. The molecule has 1 unspecified atom stereocenters. The van der Waals surface area contributed by atoms with Crippen LogP contribution in [-0.2, 0) is 0 Å². The van der Waals surface area contributed by atoms with Crippen molar-refractivity contribution in [1.82, 2.24) is 10.3 Å². The van der Waals surface area contributed by atoms with Gasteiger partial charge in [0.2, 0.25) is 0 Å². The maximum Gasteiger partial charge on any atom is 0.159 e. The van der Waals surface area contributed by atoms with Gasteiger partial charge in [0, 0.05) is 28.3 Å². The molecule has 12 aromatic rings. The smallest absolute Gasteiger partial charge is 0.159 e. The number of aliphatic imine (C=N–C) groups is 2. The zero-order valence-corrected chi connectivity index (χ0v) is 39.3. The van der Waals surface area contributed by atoms with E-state index in [1.165, 1.54) is 54.7 Å². The molecule has 0 aliphatic carbocycles. The Kier molecular flexibility index (Phi) is 10.9. The van der Waals surface area contributed by atoms with Crippen LogP contribution < -0.4 is 5.32 Å². The van der Waals surface area contributed by atoms with Crippen molar-refractivity contribution in [3.8, 4) is 66.9 Å². The Balaban J connectivity index is 0.820. The SMILES string of the molecule is c1ccc(C2=NC(c3ccccc3)NC(c3cc(-c4ccc(-c5ccc(-c6ccc(-c7cc8ccccc8c8ccccc78)cc6)cc5)cc4)cc(-c4ccc(-c5cc6ccccc6cn5)cc4)c3)=N2)cc1.